The van der Waals surface area contributed by atoms with E-state index in [0.717, 1.165) is 37.0 Å². The van der Waals surface area contributed by atoms with E-state index in [1.54, 1.807) is 18.4 Å². The van der Waals surface area contributed by atoms with Gasteiger partial charge in [-0.2, -0.15) is 0 Å². The predicted octanol–water partition coefficient (Wildman–Crippen LogP) is 0.984. The van der Waals surface area contributed by atoms with Crippen LogP contribution in [0.4, 0.5) is 0 Å². The van der Waals surface area contributed by atoms with Gasteiger partial charge in [0.2, 0.25) is 0 Å². The highest BCUT2D eigenvalue weighted by atomic mass is 127. The first-order valence-corrected chi connectivity index (χ1v) is 8.90. The van der Waals surface area contributed by atoms with Gasteiger partial charge in [0.15, 0.2) is 5.96 Å². The summed E-state index contributed by atoms with van der Waals surface area (Å²) in [6.45, 7) is 6.33. The normalized spacial score (nSPS) is 22.5. The molecule has 1 aromatic rings. The van der Waals surface area contributed by atoms with Gasteiger partial charge in [-0.05, 0) is 32.5 Å². The summed E-state index contributed by atoms with van der Waals surface area (Å²) in [6.07, 6.45) is 0. The summed E-state index contributed by atoms with van der Waals surface area (Å²) in [4.78, 5) is 9.94. The van der Waals surface area contributed by atoms with Crippen molar-refractivity contribution in [3.8, 4) is 0 Å². The lowest BCUT2D eigenvalue weighted by Crippen LogP contribution is -2.55. The Hall–Kier alpha value is -0.420. The average Bonchev–Trinajstić information content (AvgIpc) is 3.06. The van der Waals surface area contributed by atoms with Gasteiger partial charge in [0.05, 0.1) is 6.54 Å². The molecule has 1 aliphatic heterocycles. The average molecular weight is 467 g/mol. The Balaban J connectivity index is 0.00000288. The summed E-state index contributed by atoms with van der Waals surface area (Å²) in [5.74, 6) is 0.725. The van der Waals surface area contributed by atoms with Crippen LogP contribution in [0.5, 0.6) is 0 Å². The third kappa shape index (κ3) is 6.14. The van der Waals surface area contributed by atoms with E-state index < -0.39 is 5.60 Å². The third-order valence-electron chi connectivity index (χ3n) is 4.36. The van der Waals surface area contributed by atoms with Crippen LogP contribution < -0.4 is 10.6 Å². The Bertz CT molecular complexity index is 509. The van der Waals surface area contributed by atoms with Gasteiger partial charge >= 0.3 is 0 Å². The fourth-order valence-corrected chi connectivity index (χ4v) is 3.47. The van der Waals surface area contributed by atoms with Crippen LogP contribution in [0.25, 0.3) is 0 Å². The van der Waals surface area contributed by atoms with Crippen LogP contribution in [0.15, 0.2) is 22.5 Å². The van der Waals surface area contributed by atoms with Crippen LogP contribution in [-0.2, 0) is 5.60 Å². The minimum atomic E-state index is -0.895. The number of piperazine rings is 1. The van der Waals surface area contributed by atoms with Crippen molar-refractivity contribution < 1.29 is 5.11 Å². The molecule has 1 saturated heterocycles. The molecule has 6 nitrogen and oxygen atoms in total. The van der Waals surface area contributed by atoms with E-state index in [0.29, 0.717) is 12.6 Å². The third-order valence-corrected chi connectivity index (χ3v) is 5.48. The molecule has 0 amide bonds. The van der Waals surface area contributed by atoms with Gasteiger partial charge in [0.1, 0.15) is 5.60 Å². The number of thiophene rings is 1. The first-order valence-electron chi connectivity index (χ1n) is 8.02. The summed E-state index contributed by atoms with van der Waals surface area (Å²) in [5, 5.41) is 19.1. The second-order valence-corrected chi connectivity index (χ2v) is 7.40. The number of hydrogen-bond donors (Lipinski definition) is 3. The molecule has 0 saturated carbocycles. The molecule has 2 heterocycles. The Morgan fingerprint density at radius 1 is 1.42 bits per heavy atom. The highest BCUT2D eigenvalue weighted by molar-refractivity contribution is 14.0. The summed E-state index contributed by atoms with van der Waals surface area (Å²) >= 11 is 1.56. The van der Waals surface area contributed by atoms with Gasteiger partial charge in [-0.1, -0.05) is 6.07 Å². The molecule has 0 radical (unpaired) electrons. The van der Waals surface area contributed by atoms with Crippen molar-refractivity contribution in [3.05, 3.63) is 22.4 Å². The van der Waals surface area contributed by atoms with Crippen molar-refractivity contribution >= 4 is 41.3 Å². The summed E-state index contributed by atoms with van der Waals surface area (Å²) in [6, 6.07) is 4.37. The number of nitrogens with zero attached hydrogens (tertiary/aromatic N) is 3. The second-order valence-electron chi connectivity index (χ2n) is 6.45. The smallest absolute Gasteiger partial charge is 0.191 e. The molecule has 1 aromatic heterocycles. The van der Waals surface area contributed by atoms with E-state index in [4.69, 9.17) is 0 Å². The van der Waals surface area contributed by atoms with Crippen molar-refractivity contribution in [2.24, 2.45) is 4.99 Å². The van der Waals surface area contributed by atoms with Crippen molar-refractivity contribution in [2.75, 3.05) is 53.9 Å². The van der Waals surface area contributed by atoms with Gasteiger partial charge < -0.3 is 20.6 Å². The minimum absolute atomic E-state index is 0. The maximum absolute atomic E-state index is 10.6. The summed E-state index contributed by atoms with van der Waals surface area (Å²) in [7, 11) is 6.08. The molecule has 2 unspecified atom stereocenters. The number of likely N-dealkylation sites (N-methyl/N-ethyl adjacent to an activating group) is 2. The van der Waals surface area contributed by atoms with E-state index in [1.807, 2.05) is 24.4 Å². The largest absolute Gasteiger partial charge is 0.383 e. The van der Waals surface area contributed by atoms with Crippen molar-refractivity contribution in [2.45, 2.75) is 18.6 Å². The van der Waals surface area contributed by atoms with Gasteiger partial charge in [-0.15, -0.1) is 35.3 Å². The molecule has 0 aromatic carbocycles. The van der Waals surface area contributed by atoms with Gasteiger partial charge in [0, 0.05) is 44.1 Å². The molecule has 0 aliphatic carbocycles. The molecule has 24 heavy (non-hydrogen) atoms. The number of guanidine groups is 1. The number of aliphatic hydroxyl groups is 1. The lowest BCUT2D eigenvalue weighted by molar-refractivity contribution is 0.0654. The number of hydrogen-bond acceptors (Lipinski definition) is 5. The summed E-state index contributed by atoms with van der Waals surface area (Å²) in [5.41, 5.74) is -0.895. The lowest BCUT2D eigenvalue weighted by Gasteiger charge is -2.38. The standard InChI is InChI=1S/C16H29N5OS.HI/c1-16(22,14-6-5-9-23-14)12-19-15(17-2)18-10-13-11-20(3)7-8-21(13)4;/h5-6,9,13,22H,7-8,10-12H2,1-4H3,(H2,17,18,19);1H. The first kappa shape index (κ1) is 21.6. The zero-order valence-electron chi connectivity index (χ0n) is 15.0. The van der Waals surface area contributed by atoms with Crippen molar-refractivity contribution in [1.82, 2.24) is 20.4 Å². The Labute approximate surface area is 166 Å². The van der Waals surface area contributed by atoms with E-state index in [9.17, 15) is 5.11 Å². The van der Waals surface area contributed by atoms with Crippen LogP contribution in [0, 0.1) is 0 Å². The zero-order valence-corrected chi connectivity index (χ0v) is 18.1. The molecule has 0 spiro atoms. The van der Waals surface area contributed by atoms with Crippen LogP contribution in [0.2, 0.25) is 0 Å². The van der Waals surface area contributed by atoms with Gasteiger partial charge in [0.25, 0.3) is 0 Å². The maximum Gasteiger partial charge on any atom is 0.191 e. The highest BCUT2D eigenvalue weighted by Gasteiger charge is 2.25. The molecule has 2 rings (SSSR count). The molecule has 0 bridgehead atoms. The number of rotatable bonds is 5. The van der Waals surface area contributed by atoms with Crippen LogP contribution >= 0.6 is 35.3 Å². The second kappa shape index (κ2) is 9.91. The molecule has 3 N–H and O–H groups in total. The maximum atomic E-state index is 10.6. The topological polar surface area (TPSA) is 63.1 Å². The highest BCUT2D eigenvalue weighted by Crippen LogP contribution is 2.24. The van der Waals surface area contributed by atoms with Crippen molar-refractivity contribution in [3.63, 3.8) is 0 Å². The monoisotopic (exact) mass is 467 g/mol. The molecular weight excluding hydrogens is 437 g/mol. The Kier molecular flexibility index (Phi) is 8.93. The first-order chi connectivity index (χ1) is 10.9. The van der Waals surface area contributed by atoms with E-state index >= 15 is 0 Å². The molecule has 8 heteroatoms. The molecule has 1 aliphatic rings. The molecular formula is C16H30IN5OS. The minimum Gasteiger partial charge on any atom is -0.383 e. The summed E-state index contributed by atoms with van der Waals surface area (Å²) < 4.78 is 0. The quantitative estimate of drug-likeness (QED) is 0.343. The number of halogens is 1. The molecule has 138 valence electrons. The van der Waals surface area contributed by atoms with Gasteiger partial charge in [-0.25, -0.2) is 0 Å². The zero-order chi connectivity index (χ0) is 16.9. The number of aliphatic imine (C=N–C) groups is 1. The van der Waals surface area contributed by atoms with Gasteiger partial charge in [-0.3, -0.25) is 9.89 Å². The fourth-order valence-electron chi connectivity index (χ4n) is 2.68. The SMILES string of the molecule is CN=C(NCC1CN(C)CCN1C)NCC(C)(O)c1cccs1.I. The molecule has 1 fully saturated rings. The van der Waals surface area contributed by atoms with Crippen LogP contribution in [0.3, 0.4) is 0 Å². The number of nitrogens with one attached hydrogen (secondary N) is 2. The predicted molar refractivity (Wildman–Crippen MR) is 113 cm³/mol. The lowest BCUT2D eigenvalue weighted by atomic mass is 10.1. The Morgan fingerprint density at radius 3 is 2.79 bits per heavy atom. The van der Waals surface area contributed by atoms with E-state index in [-0.39, 0.29) is 24.0 Å². The van der Waals surface area contributed by atoms with Crippen molar-refractivity contribution in [1.29, 1.82) is 0 Å². The Morgan fingerprint density at radius 2 is 2.17 bits per heavy atom. The van der Waals surface area contributed by atoms with Crippen LogP contribution in [0.1, 0.15) is 11.8 Å². The van der Waals surface area contributed by atoms with E-state index in [1.165, 1.54) is 0 Å². The van der Waals surface area contributed by atoms with E-state index in [2.05, 4.69) is 39.5 Å². The molecule has 2 atom stereocenters. The fraction of sp³-hybridized carbons (Fsp3) is 0.688. The van der Waals surface area contributed by atoms with Crippen LogP contribution in [-0.4, -0.2) is 80.8 Å².